The Morgan fingerprint density at radius 2 is 1.95 bits per heavy atom. The maximum absolute atomic E-state index is 10.7. The zero-order valence-corrected chi connectivity index (χ0v) is 12.6. The predicted molar refractivity (Wildman–Crippen MR) is 83.0 cm³/mol. The third kappa shape index (κ3) is 3.56. The van der Waals surface area contributed by atoms with E-state index in [0.29, 0.717) is 21.4 Å². The SMILES string of the molecule is Cc1cc([N+](=O)[O-])cc(N)c1OCc1ccc(Cl)c(Cl)c1. The summed E-state index contributed by atoms with van der Waals surface area (Å²) in [7, 11) is 0. The molecule has 2 rings (SSSR count). The van der Waals surface area contributed by atoms with Crippen LogP contribution < -0.4 is 10.5 Å². The Morgan fingerprint density at radius 1 is 1.24 bits per heavy atom. The Labute approximate surface area is 131 Å². The second kappa shape index (κ2) is 6.20. The summed E-state index contributed by atoms with van der Waals surface area (Å²) in [6, 6.07) is 7.85. The molecule has 0 unspecified atom stereocenters. The number of nitro benzene ring substituents is 1. The minimum Gasteiger partial charge on any atom is -0.486 e. The van der Waals surface area contributed by atoms with Gasteiger partial charge in [0.05, 0.1) is 20.7 Å². The number of nitrogens with zero attached hydrogens (tertiary/aromatic N) is 1. The third-order valence-corrected chi connectivity index (χ3v) is 3.61. The van der Waals surface area contributed by atoms with Gasteiger partial charge in [0, 0.05) is 12.1 Å². The van der Waals surface area contributed by atoms with E-state index in [0.717, 1.165) is 5.56 Å². The van der Waals surface area contributed by atoms with Gasteiger partial charge in [0.15, 0.2) is 0 Å². The van der Waals surface area contributed by atoms with Crippen molar-refractivity contribution in [2.75, 3.05) is 5.73 Å². The number of hydrogen-bond acceptors (Lipinski definition) is 4. The van der Waals surface area contributed by atoms with Crippen LogP contribution in [0.25, 0.3) is 0 Å². The molecule has 0 heterocycles. The highest BCUT2D eigenvalue weighted by molar-refractivity contribution is 6.42. The van der Waals surface area contributed by atoms with Crippen LogP contribution in [0.1, 0.15) is 11.1 Å². The first-order chi connectivity index (χ1) is 9.88. The molecule has 5 nitrogen and oxygen atoms in total. The second-order valence-electron chi connectivity index (χ2n) is 4.48. The van der Waals surface area contributed by atoms with E-state index in [-0.39, 0.29) is 18.0 Å². The van der Waals surface area contributed by atoms with Crippen molar-refractivity contribution in [3.05, 3.63) is 61.6 Å². The Bertz CT molecular complexity index is 682. The standard InChI is InChI=1S/C14H12Cl2N2O3/c1-8-4-10(18(19)20)6-13(17)14(8)21-7-9-2-3-11(15)12(16)5-9/h2-6H,7,17H2,1H3. The number of aryl methyl sites for hydroxylation is 1. The van der Waals surface area contributed by atoms with E-state index in [1.54, 1.807) is 25.1 Å². The molecular formula is C14H12Cl2N2O3. The first-order valence-corrected chi connectivity index (χ1v) is 6.75. The molecule has 0 aliphatic carbocycles. The van der Waals surface area contributed by atoms with Gasteiger partial charge in [0.25, 0.3) is 5.69 Å². The molecule has 0 fully saturated rings. The van der Waals surface area contributed by atoms with Crippen molar-refractivity contribution in [2.24, 2.45) is 0 Å². The van der Waals surface area contributed by atoms with Gasteiger partial charge in [-0.1, -0.05) is 29.3 Å². The van der Waals surface area contributed by atoms with E-state index in [1.807, 2.05) is 0 Å². The highest BCUT2D eigenvalue weighted by atomic mass is 35.5. The Kier molecular flexibility index (Phi) is 4.55. The Morgan fingerprint density at radius 3 is 2.52 bits per heavy atom. The van der Waals surface area contributed by atoms with Crippen molar-refractivity contribution >= 4 is 34.6 Å². The van der Waals surface area contributed by atoms with Gasteiger partial charge in [0.2, 0.25) is 0 Å². The lowest BCUT2D eigenvalue weighted by Gasteiger charge is -2.12. The second-order valence-corrected chi connectivity index (χ2v) is 5.29. The van der Waals surface area contributed by atoms with Crippen molar-refractivity contribution in [1.82, 2.24) is 0 Å². The Hall–Kier alpha value is -1.98. The number of rotatable bonds is 4. The number of benzene rings is 2. The summed E-state index contributed by atoms with van der Waals surface area (Å²) in [5.74, 6) is 0.423. The van der Waals surface area contributed by atoms with E-state index in [9.17, 15) is 10.1 Å². The normalized spacial score (nSPS) is 10.4. The molecule has 0 bridgehead atoms. The minimum absolute atomic E-state index is 0.0631. The molecule has 0 aliphatic rings. The number of non-ortho nitro benzene ring substituents is 1. The molecule has 0 aromatic heterocycles. The van der Waals surface area contributed by atoms with Crippen molar-refractivity contribution in [1.29, 1.82) is 0 Å². The van der Waals surface area contributed by atoms with E-state index in [2.05, 4.69) is 0 Å². The molecule has 0 aliphatic heterocycles. The van der Waals surface area contributed by atoms with E-state index in [1.165, 1.54) is 12.1 Å². The predicted octanol–water partition coefficient (Wildman–Crippen LogP) is 4.37. The molecule has 0 radical (unpaired) electrons. The van der Waals surface area contributed by atoms with Crippen molar-refractivity contribution in [3.63, 3.8) is 0 Å². The number of nitro groups is 1. The number of hydrogen-bond donors (Lipinski definition) is 1. The molecule has 2 aromatic carbocycles. The lowest BCUT2D eigenvalue weighted by Crippen LogP contribution is -2.02. The largest absolute Gasteiger partial charge is 0.486 e. The fourth-order valence-electron chi connectivity index (χ4n) is 1.87. The van der Waals surface area contributed by atoms with Crippen LogP contribution in [0, 0.1) is 17.0 Å². The fraction of sp³-hybridized carbons (Fsp3) is 0.143. The summed E-state index contributed by atoms with van der Waals surface area (Å²) < 4.78 is 5.63. The van der Waals surface area contributed by atoms with Gasteiger partial charge in [-0.25, -0.2) is 0 Å². The summed E-state index contributed by atoms with van der Waals surface area (Å²) in [4.78, 5) is 10.3. The van der Waals surface area contributed by atoms with E-state index < -0.39 is 4.92 Å². The highest BCUT2D eigenvalue weighted by Crippen LogP contribution is 2.32. The lowest BCUT2D eigenvalue weighted by atomic mass is 10.1. The topological polar surface area (TPSA) is 78.4 Å². The quantitative estimate of drug-likeness (QED) is 0.514. The third-order valence-electron chi connectivity index (χ3n) is 2.87. The van der Waals surface area contributed by atoms with Gasteiger partial charge in [0.1, 0.15) is 12.4 Å². The molecule has 2 N–H and O–H groups in total. The van der Waals surface area contributed by atoms with Crippen LogP contribution in [0.5, 0.6) is 5.75 Å². The van der Waals surface area contributed by atoms with Gasteiger partial charge in [-0.05, 0) is 30.2 Å². The smallest absolute Gasteiger partial charge is 0.272 e. The molecule has 0 saturated heterocycles. The van der Waals surface area contributed by atoms with Crippen LogP contribution in [0.3, 0.4) is 0 Å². The van der Waals surface area contributed by atoms with Crippen molar-refractivity contribution < 1.29 is 9.66 Å². The first-order valence-electron chi connectivity index (χ1n) is 5.99. The number of halogens is 2. The molecule has 0 saturated carbocycles. The van der Waals surface area contributed by atoms with Gasteiger partial charge >= 0.3 is 0 Å². The van der Waals surface area contributed by atoms with Gasteiger partial charge in [-0.3, -0.25) is 10.1 Å². The molecule has 2 aromatic rings. The van der Waals surface area contributed by atoms with Gasteiger partial charge in [-0.2, -0.15) is 0 Å². The van der Waals surface area contributed by atoms with Crippen molar-refractivity contribution in [3.8, 4) is 5.75 Å². The first kappa shape index (κ1) is 15.4. The van der Waals surface area contributed by atoms with Crippen LogP contribution in [-0.4, -0.2) is 4.92 Å². The minimum atomic E-state index is -0.494. The Balaban J connectivity index is 2.20. The molecule has 21 heavy (non-hydrogen) atoms. The number of nitrogens with two attached hydrogens (primary N) is 1. The van der Waals surface area contributed by atoms with Crippen LogP contribution in [-0.2, 0) is 6.61 Å². The fourth-order valence-corrected chi connectivity index (χ4v) is 2.19. The van der Waals surface area contributed by atoms with Crippen LogP contribution in [0.4, 0.5) is 11.4 Å². The average Bonchev–Trinajstić information content (AvgIpc) is 2.41. The number of anilines is 1. The monoisotopic (exact) mass is 326 g/mol. The van der Waals surface area contributed by atoms with Gasteiger partial charge in [-0.15, -0.1) is 0 Å². The van der Waals surface area contributed by atoms with Crippen molar-refractivity contribution in [2.45, 2.75) is 13.5 Å². The maximum Gasteiger partial charge on any atom is 0.272 e. The summed E-state index contributed by atoms with van der Waals surface area (Å²) >= 11 is 11.8. The van der Waals surface area contributed by atoms with E-state index in [4.69, 9.17) is 33.7 Å². The molecule has 0 amide bonds. The summed E-state index contributed by atoms with van der Waals surface area (Å²) in [5, 5.41) is 11.6. The highest BCUT2D eigenvalue weighted by Gasteiger charge is 2.14. The summed E-state index contributed by atoms with van der Waals surface area (Å²) in [6.07, 6.45) is 0. The van der Waals surface area contributed by atoms with E-state index >= 15 is 0 Å². The van der Waals surface area contributed by atoms with Gasteiger partial charge < -0.3 is 10.5 Å². The molecular weight excluding hydrogens is 315 g/mol. The molecule has 0 spiro atoms. The van der Waals surface area contributed by atoms with Crippen LogP contribution in [0.15, 0.2) is 30.3 Å². The van der Waals surface area contributed by atoms with Crippen LogP contribution >= 0.6 is 23.2 Å². The maximum atomic E-state index is 10.7. The zero-order chi connectivity index (χ0) is 15.6. The number of nitrogen functional groups attached to an aromatic ring is 1. The molecule has 110 valence electrons. The summed E-state index contributed by atoms with van der Waals surface area (Å²) in [5.41, 5.74) is 7.38. The zero-order valence-electron chi connectivity index (χ0n) is 11.1. The average molecular weight is 327 g/mol. The molecule has 7 heteroatoms. The molecule has 0 atom stereocenters. The van der Waals surface area contributed by atoms with Crippen LogP contribution in [0.2, 0.25) is 10.0 Å². The summed E-state index contributed by atoms with van der Waals surface area (Å²) in [6.45, 7) is 1.94. The number of ether oxygens (including phenoxy) is 1. The lowest BCUT2D eigenvalue weighted by molar-refractivity contribution is -0.384.